The van der Waals surface area contributed by atoms with Crippen molar-refractivity contribution in [3.63, 3.8) is 0 Å². The third-order valence-electron chi connectivity index (χ3n) is 3.03. The van der Waals surface area contributed by atoms with E-state index < -0.39 is 0 Å². The summed E-state index contributed by atoms with van der Waals surface area (Å²) >= 11 is 6.27. The van der Waals surface area contributed by atoms with Crippen LogP contribution in [0.1, 0.15) is 19.5 Å². The minimum atomic E-state index is 0.628. The minimum Gasteiger partial charge on any atom is -0.373 e. The van der Waals surface area contributed by atoms with E-state index >= 15 is 0 Å². The molecule has 5 heteroatoms. The van der Waals surface area contributed by atoms with Gasteiger partial charge in [0.25, 0.3) is 0 Å². The summed E-state index contributed by atoms with van der Waals surface area (Å²) in [6, 6.07) is 3.81. The first-order chi connectivity index (χ1) is 9.42. The number of hydrogen-bond donors (Lipinski definition) is 1. The standard InChI is InChI=1S/C15H27ClN4/c1-12(2)10-20(9-8-19(4)5)11-14-13(16)6-7-15(17-3)18-14/h6-7,12H,8-11H2,1-5H3,(H,17,18). The first-order valence-electron chi connectivity index (χ1n) is 7.12. The molecule has 1 heterocycles. The molecule has 1 N–H and O–H groups in total. The SMILES string of the molecule is CNc1ccc(Cl)c(CN(CCN(C)C)CC(C)C)n1. The van der Waals surface area contributed by atoms with Crippen LogP contribution in [0, 0.1) is 5.92 Å². The molecule has 1 rings (SSSR count). The Kier molecular flexibility index (Phi) is 7.27. The molecule has 0 spiro atoms. The molecule has 0 aliphatic heterocycles. The van der Waals surface area contributed by atoms with Gasteiger partial charge < -0.3 is 10.2 Å². The molecule has 1 aromatic heterocycles. The van der Waals surface area contributed by atoms with Crippen molar-refractivity contribution in [1.82, 2.24) is 14.8 Å². The Balaban J connectivity index is 2.76. The van der Waals surface area contributed by atoms with Crippen molar-refractivity contribution in [3.05, 3.63) is 22.8 Å². The lowest BCUT2D eigenvalue weighted by Gasteiger charge is -2.26. The number of anilines is 1. The molecule has 0 aliphatic carbocycles. The van der Waals surface area contributed by atoms with Crippen LogP contribution in [0.2, 0.25) is 5.02 Å². The summed E-state index contributed by atoms with van der Waals surface area (Å²) in [7, 11) is 6.07. The maximum atomic E-state index is 6.27. The molecule has 1 aromatic rings. The highest BCUT2D eigenvalue weighted by Gasteiger charge is 2.12. The zero-order chi connectivity index (χ0) is 15.1. The molecule has 0 radical (unpaired) electrons. The fraction of sp³-hybridized carbons (Fsp3) is 0.667. The fourth-order valence-electron chi connectivity index (χ4n) is 2.04. The van der Waals surface area contributed by atoms with E-state index in [1.807, 2.05) is 19.2 Å². The van der Waals surface area contributed by atoms with Crippen molar-refractivity contribution in [1.29, 1.82) is 0 Å². The van der Waals surface area contributed by atoms with Gasteiger partial charge in [-0.15, -0.1) is 0 Å². The van der Waals surface area contributed by atoms with E-state index in [-0.39, 0.29) is 0 Å². The van der Waals surface area contributed by atoms with E-state index in [4.69, 9.17) is 11.6 Å². The number of rotatable bonds is 8. The van der Waals surface area contributed by atoms with Gasteiger partial charge in [0.05, 0.1) is 10.7 Å². The van der Waals surface area contributed by atoms with Gasteiger partial charge in [-0.2, -0.15) is 0 Å². The maximum absolute atomic E-state index is 6.27. The second-order valence-electron chi connectivity index (χ2n) is 5.81. The minimum absolute atomic E-state index is 0.628. The van der Waals surface area contributed by atoms with Crippen LogP contribution < -0.4 is 5.32 Å². The molecule has 0 atom stereocenters. The number of pyridine rings is 1. The Morgan fingerprint density at radius 3 is 2.50 bits per heavy atom. The lowest BCUT2D eigenvalue weighted by Crippen LogP contribution is -2.34. The molecule has 20 heavy (non-hydrogen) atoms. The van der Waals surface area contributed by atoms with E-state index in [2.05, 4.69) is 48.0 Å². The van der Waals surface area contributed by atoms with Crippen LogP contribution in [0.5, 0.6) is 0 Å². The summed E-state index contributed by atoms with van der Waals surface area (Å²) in [6.45, 7) is 8.38. The van der Waals surface area contributed by atoms with Crippen molar-refractivity contribution in [2.24, 2.45) is 5.92 Å². The molecule has 4 nitrogen and oxygen atoms in total. The summed E-state index contributed by atoms with van der Waals surface area (Å²) in [6.07, 6.45) is 0. The normalized spacial score (nSPS) is 11.7. The molecule has 114 valence electrons. The van der Waals surface area contributed by atoms with Crippen LogP contribution in [-0.2, 0) is 6.54 Å². The zero-order valence-electron chi connectivity index (χ0n) is 13.3. The molecule has 0 saturated carbocycles. The Labute approximate surface area is 128 Å². The van der Waals surface area contributed by atoms with Gasteiger partial charge in [-0.3, -0.25) is 4.90 Å². The maximum Gasteiger partial charge on any atom is 0.126 e. The van der Waals surface area contributed by atoms with Crippen LogP contribution in [0.4, 0.5) is 5.82 Å². The third-order valence-corrected chi connectivity index (χ3v) is 3.38. The molecular formula is C15H27ClN4. The van der Waals surface area contributed by atoms with E-state index in [1.54, 1.807) is 0 Å². The van der Waals surface area contributed by atoms with Crippen LogP contribution in [0.25, 0.3) is 0 Å². The molecule has 0 amide bonds. The third kappa shape index (κ3) is 6.07. The average molecular weight is 299 g/mol. The Morgan fingerprint density at radius 2 is 1.95 bits per heavy atom. The molecule has 0 aliphatic rings. The van der Waals surface area contributed by atoms with Gasteiger partial charge in [0.15, 0.2) is 0 Å². The molecule has 0 aromatic carbocycles. The summed E-state index contributed by atoms with van der Waals surface area (Å²) in [4.78, 5) is 9.18. The van der Waals surface area contributed by atoms with Gasteiger partial charge in [-0.25, -0.2) is 4.98 Å². The number of nitrogens with zero attached hydrogens (tertiary/aromatic N) is 3. The predicted molar refractivity (Wildman–Crippen MR) is 87.5 cm³/mol. The fourth-order valence-corrected chi connectivity index (χ4v) is 2.20. The average Bonchev–Trinajstić information content (AvgIpc) is 2.37. The summed E-state index contributed by atoms with van der Waals surface area (Å²) < 4.78 is 0. The van der Waals surface area contributed by atoms with Crippen molar-refractivity contribution < 1.29 is 0 Å². The van der Waals surface area contributed by atoms with Crippen molar-refractivity contribution >= 4 is 17.4 Å². The predicted octanol–water partition coefficient (Wildman–Crippen LogP) is 2.80. The molecule has 0 bridgehead atoms. The zero-order valence-corrected chi connectivity index (χ0v) is 14.0. The number of likely N-dealkylation sites (N-methyl/N-ethyl adjacent to an activating group) is 1. The summed E-state index contributed by atoms with van der Waals surface area (Å²) in [5.41, 5.74) is 0.943. The van der Waals surface area contributed by atoms with Crippen molar-refractivity contribution in [3.8, 4) is 0 Å². The lowest BCUT2D eigenvalue weighted by molar-refractivity contribution is 0.210. The van der Waals surface area contributed by atoms with Crippen LogP contribution in [-0.4, -0.2) is 55.6 Å². The Morgan fingerprint density at radius 1 is 1.25 bits per heavy atom. The highest BCUT2D eigenvalue weighted by molar-refractivity contribution is 6.31. The molecule has 0 saturated heterocycles. The largest absolute Gasteiger partial charge is 0.373 e. The first kappa shape index (κ1) is 17.2. The van der Waals surface area contributed by atoms with Gasteiger partial charge in [-0.1, -0.05) is 25.4 Å². The van der Waals surface area contributed by atoms with Gasteiger partial charge in [0, 0.05) is 33.2 Å². The monoisotopic (exact) mass is 298 g/mol. The highest BCUT2D eigenvalue weighted by atomic mass is 35.5. The number of aromatic nitrogens is 1. The lowest BCUT2D eigenvalue weighted by atomic mass is 10.2. The molecule has 0 fully saturated rings. The van der Waals surface area contributed by atoms with Crippen LogP contribution in [0.3, 0.4) is 0 Å². The number of halogens is 1. The number of nitrogens with one attached hydrogen (secondary N) is 1. The Hall–Kier alpha value is -0.840. The topological polar surface area (TPSA) is 31.4 Å². The second kappa shape index (κ2) is 8.45. The number of hydrogen-bond acceptors (Lipinski definition) is 4. The van der Waals surface area contributed by atoms with Gasteiger partial charge in [0.2, 0.25) is 0 Å². The van der Waals surface area contributed by atoms with Gasteiger partial charge in [-0.05, 0) is 32.1 Å². The second-order valence-corrected chi connectivity index (χ2v) is 6.21. The van der Waals surface area contributed by atoms with E-state index in [0.29, 0.717) is 5.92 Å². The Bertz CT molecular complexity index is 407. The van der Waals surface area contributed by atoms with Crippen LogP contribution in [0.15, 0.2) is 12.1 Å². The first-order valence-corrected chi connectivity index (χ1v) is 7.50. The molecule has 0 unspecified atom stereocenters. The van der Waals surface area contributed by atoms with Gasteiger partial charge in [0.1, 0.15) is 5.82 Å². The quantitative estimate of drug-likeness (QED) is 0.800. The summed E-state index contributed by atoms with van der Waals surface area (Å²) in [5.74, 6) is 1.49. The van der Waals surface area contributed by atoms with E-state index in [1.165, 1.54) is 0 Å². The van der Waals surface area contributed by atoms with E-state index in [0.717, 1.165) is 42.7 Å². The van der Waals surface area contributed by atoms with Crippen molar-refractivity contribution in [2.45, 2.75) is 20.4 Å². The highest BCUT2D eigenvalue weighted by Crippen LogP contribution is 2.18. The van der Waals surface area contributed by atoms with Crippen LogP contribution >= 0.6 is 11.6 Å². The molecular weight excluding hydrogens is 272 g/mol. The smallest absolute Gasteiger partial charge is 0.126 e. The van der Waals surface area contributed by atoms with E-state index in [9.17, 15) is 0 Å². The van der Waals surface area contributed by atoms with Gasteiger partial charge >= 0.3 is 0 Å². The van der Waals surface area contributed by atoms with Crippen molar-refractivity contribution in [2.75, 3.05) is 46.1 Å². The summed E-state index contributed by atoms with van der Waals surface area (Å²) in [5, 5.41) is 3.80.